The highest BCUT2D eigenvalue weighted by Gasteiger charge is 2.25. The van der Waals surface area contributed by atoms with Crippen molar-refractivity contribution in [3.63, 3.8) is 0 Å². The SMILES string of the molecule is C=C(c1cc(N)ccc1-c1ccc(F)cc1)N1CCN(c2ccc(C(C)(F)F)cc2)CC1. The molecule has 0 aromatic heterocycles. The van der Waals surface area contributed by atoms with Gasteiger partial charge in [-0.2, -0.15) is 0 Å². The topological polar surface area (TPSA) is 32.5 Å². The van der Waals surface area contributed by atoms with Crippen LogP contribution < -0.4 is 10.6 Å². The van der Waals surface area contributed by atoms with Gasteiger partial charge in [0.2, 0.25) is 0 Å². The van der Waals surface area contributed by atoms with Crippen LogP contribution >= 0.6 is 0 Å². The number of alkyl halides is 2. The Kier molecular flexibility index (Phi) is 5.87. The summed E-state index contributed by atoms with van der Waals surface area (Å²) in [7, 11) is 0. The van der Waals surface area contributed by atoms with Crippen LogP contribution in [0, 0.1) is 5.82 Å². The van der Waals surface area contributed by atoms with Crippen LogP contribution in [-0.4, -0.2) is 31.1 Å². The van der Waals surface area contributed by atoms with E-state index in [1.54, 1.807) is 24.3 Å². The number of rotatable bonds is 5. The monoisotopic (exact) mass is 437 g/mol. The second-order valence-electron chi connectivity index (χ2n) is 8.17. The molecule has 1 aliphatic heterocycles. The smallest absolute Gasteiger partial charge is 0.270 e. The van der Waals surface area contributed by atoms with Crippen molar-refractivity contribution in [2.24, 2.45) is 0 Å². The van der Waals surface area contributed by atoms with Crippen molar-refractivity contribution in [3.8, 4) is 11.1 Å². The van der Waals surface area contributed by atoms with Crippen LogP contribution in [0.3, 0.4) is 0 Å². The van der Waals surface area contributed by atoms with Crippen LogP contribution in [0.15, 0.2) is 73.3 Å². The Morgan fingerprint density at radius 3 is 2.12 bits per heavy atom. The number of hydrogen-bond acceptors (Lipinski definition) is 3. The molecule has 3 aromatic rings. The summed E-state index contributed by atoms with van der Waals surface area (Å²) in [5.74, 6) is -3.12. The largest absolute Gasteiger partial charge is 0.399 e. The maximum atomic E-state index is 13.5. The molecule has 32 heavy (non-hydrogen) atoms. The van der Waals surface area contributed by atoms with Crippen LogP contribution in [0.1, 0.15) is 18.1 Å². The summed E-state index contributed by atoms with van der Waals surface area (Å²) in [4.78, 5) is 4.38. The van der Waals surface area contributed by atoms with Crippen molar-refractivity contribution in [1.29, 1.82) is 0 Å². The number of benzene rings is 3. The number of nitrogen functional groups attached to an aromatic ring is 1. The van der Waals surface area contributed by atoms with Crippen LogP contribution in [-0.2, 0) is 5.92 Å². The number of nitrogens with zero attached hydrogens (tertiary/aromatic N) is 2. The van der Waals surface area contributed by atoms with E-state index in [-0.39, 0.29) is 11.4 Å². The van der Waals surface area contributed by atoms with Crippen molar-refractivity contribution in [2.45, 2.75) is 12.8 Å². The van der Waals surface area contributed by atoms with E-state index in [4.69, 9.17) is 5.73 Å². The van der Waals surface area contributed by atoms with Gasteiger partial charge in [-0.1, -0.05) is 36.9 Å². The lowest BCUT2D eigenvalue weighted by Gasteiger charge is -2.38. The molecule has 1 fully saturated rings. The highest BCUT2D eigenvalue weighted by atomic mass is 19.3. The summed E-state index contributed by atoms with van der Waals surface area (Å²) in [6.07, 6.45) is 0. The average Bonchev–Trinajstić information content (AvgIpc) is 2.79. The fraction of sp³-hybridized carbons (Fsp3) is 0.231. The predicted molar refractivity (Wildman–Crippen MR) is 125 cm³/mol. The number of nitrogens with two attached hydrogens (primary N) is 1. The Morgan fingerprint density at radius 2 is 1.53 bits per heavy atom. The van der Waals surface area contributed by atoms with Gasteiger partial charge < -0.3 is 15.5 Å². The number of hydrogen-bond donors (Lipinski definition) is 1. The minimum absolute atomic E-state index is 0.0169. The van der Waals surface area contributed by atoms with E-state index in [0.29, 0.717) is 5.69 Å². The van der Waals surface area contributed by atoms with E-state index in [2.05, 4.69) is 16.4 Å². The summed E-state index contributed by atoms with van der Waals surface area (Å²) in [6.45, 7) is 8.20. The molecule has 0 spiro atoms. The standard InChI is InChI=1S/C26H26F3N3/c1-18(25-17-22(30)9-12-24(25)19-3-7-21(27)8-4-19)31-13-15-32(16-14-31)23-10-5-20(6-11-23)26(2,28)29/h3-12,17H,1,13-16,30H2,2H3. The van der Waals surface area contributed by atoms with Crippen LogP contribution in [0.4, 0.5) is 24.5 Å². The molecule has 0 aliphatic carbocycles. The fourth-order valence-corrected chi connectivity index (χ4v) is 4.05. The maximum Gasteiger partial charge on any atom is 0.270 e. The molecular weight excluding hydrogens is 411 g/mol. The molecule has 0 radical (unpaired) electrons. The molecular formula is C26H26F3N3. The van der Waals surface area contributed by atoms with Gasteiger partial charge in [-0.25, -0.2) is 13.2 Å². The summed E-state index contributed by atoms with van der Waals surface area (Å²) in [5.41, 5.74) is 11.3. The molecule has 1 aliphatic rings. The molecule has 6 heteroatoms. The molecule has 0 bridgehead atoms. The molecule has 0 amide bonds. The van der Waals surface area contributed by atoms with Gasteiger partial charge in [0.15, 0.2) is 0 Å². The molecule has 1 saturated heterocycles. The first-order valence-electron chi connectivity index (χ1n) is 10.6. The predicted octanol–water partition coefficient (Wildman–Crippen LogP) is 5.98. The van der Waals surface area contributed by atoms with Gasteiger partial charge in [0.25, 0.3) is 5.92 Å². The highest BCUT2D eigenvalue weighted by Crippen LogP contribution is 2.33. The third-order valence-electron chi connectivity index (χ3n) is 5.91. The molecule has 166 valence electrons. The van der Waals surface area contributed by atoms with Gasteiger partial charge in [0.1, 0.15) is 5.82 Å². The van der Waals surface area contributed by atoms with Crippen molar-refractivity contribution in [2.75, 3.05) is 36.8 Å². The van der Waals surface area contributed by atoms with E-state index < -0.39 is 5.92 Å². The third-order valence-corrected chi connectivity index (χ3v) is 5.91. The molecule has 1 heterocycles. The maximum absolute atomic E-state index is 13.5. The van der Waals surface area contributed by atoms with Gasteiger partial charge in [-0.15, -0.1) is 0 Å². The van der Waals surface area contributed by atoms with E-state index in [1.165, 1.54) is 24.3 Å². The minimum atomic E-state index is -2.84. The van der Waals surface area contributed by atoms with Crippen molar-refractivity contribution in [1.82, 2.24) is 4.90 Å². The number of halogens is 3. The molecule has 0 saturated carbocycles. The average molecular weight is 438 g/mol. The Morgan fingerprint density at radius 1 is 0.906 bits per heavy atom. The summed E-state index contributed by atoms with van der Waals surface area (Å²) in [5, 5.41) is 0. The van der Waals surface area contributed by atoms with E-state index in [9.17, 15) is 13.2 Å². The molecule has 3 aromatic carbocycles. The van der Waals surface area contributed by atoms with Crippen LogP contribution in [0.25, 0.3) is 16.8 Å². The quantitative estimate of drug-likeness (QED) is 0.499. The lowest BCUT2D eigenvalue weighted by Crippen LogP contribution is -2.45. The number of piperazine rings is 1. The Hall–Kier alpha value is -3.41. The molecule has 4 rings (SSSR count). The first kappa shape index (κ1) is 21.8. The summed E-state index contributed by atoms with van der Waals surface area (Å²) >= 11 is 0. The zero-order valence-electron chi connectivity index (χ0n) is 18.0. The van der Waals surface area contributed by atoms with Crippen molar-refractivity contribution < 1.29 is 13.2 Å². The van der Waals surface area contributed by atoms with Gasteiger partial charge in [0, 0.05) is 61.3 Å². The zero-order chi connectivity index (χ0) is 22.9. The lowest BCUT2D eigenvalue weighted by molar-refractivity contribution is 0.0175. The highest BCUT2D eigenvalue weighted by molar-refractivity contribution is 5.82. The first-order chi connectivity index (χ1) is 15.2. The van der Waals surface area contributed by atoms with Crippen LogP contribution in [0.2, 0.25) is 0 Å². The first-order valence-corrected chi connectivity index (χ1v) is 10.6. The molecule has 2 N–H and O–H groups in total. The second kappa shape index (κ2) is 8.61. The van der Waals surface area contributed by atoms with Crippen molar-refractivity contribution in [3.05, 3.63) is 90.3 Å². The minimum Gasteiger partial charge on any atom is -0.399 e. The Bertz CT molecular complexity index is 1090. The lowest BCUT2D eigenvalue weighted by atomic mass is 9.96. The molecule has 0 atom stereocenters. The summed E-state index contributed by atoms with van der Waals surface area (Å²) < 4.78 is 40.3. The fourth-order valence-electron chi connectivity index (χ4n) is 4.05. The second-order valence-corrected chi connectivity index (χ2v) is 8.17. The van der Waals surface area contributed by atoms with Crippen molar-refractivity contribution >= 4 is 17.1 Å². The Balaban J connectivity index is 1.49. The van der Waals surface area contributed by atoms with E-state index >= 15 is 0 Å². The van der Waals surface area contributed by atoms with Gasteiger partial charge in [0.05, 0.1) is 0 Å². The van der Waals surface area contributed by atoms with Crippen LogP contribution in [0.5, 0.6) is 0 Å². The van der Waals surface area contributed by atoms with E-state index in [1.807, 2.05) is 18.2 Å². The van der Waals surface area contributed by atoms with Gasteiger partial charge in [-0.05, 0) is 47.5 Å². The van der Waals surface area contributed by atoms with E-state index in [0.717, 1.165) is 61.2 Å². The molecule has 0 unspecified atom stereocenters. The Labute approximate surface area is 186 Å². The third kappa shape index (κ3) is 4.59. The number of anilines is 2. The summed E-state index contributed by atoms with van der Waals surface area (Å²) in [6, 6.07) is 18.5. The normalized spacial score (nSPS) is 14.5. The van der Waals surface area contributed by atoms with Gasteiger partial charge in [-0.3, -0.25) is 0 Å². The zero-order valence-corrected chi connectivity index (χ0v) is 18.0. The van der Waals surface area contributed by atoms with Gasteiger partial charge >= 0.3 is 0 Å². The molecule has 3 nitrogen and oxygen atoms in total.